The molecule has 8 nitrogen and oxygen atoms in total. The molecule has 0 aliphatic carbocycles. The van der Waals surface area contributed by atoms with Gasteiger partial charge in [0.25, 0.3) is 0 Å². The van der Waals surface area contributed by atoms with Gasteiger partial charge in [-0.1, -0.05) is 23.7 Å². The van der Waals surface area contributed by atoms with Gasteiger partial charge in [-0.2, -0.15) is 9.97 Å². The van der Waals surface area contributed by atoms with E-state index in [0.29, 0.717) is 30.8 Å². The van der Waals surface area contributed by atoms with E-state index < -0.39 is 0 Å². The fraction of sp³-hybridized carbons (Fsp3) is 0.577. The monoisotopic (exact) mass is 530 g/mol. The van der Waals surface area contributed by atoms with Crippen LogP contribution in [0.2, 0.25) is 5.02 Å². The molecule has 0 saturated carbocycles. The van der Waals surface area contributed by atoms with Crippen LogP contribution in [-0.2, 0) is 14.9 Å². The molecular weight excluding hydrogens is 496 g/mol. The molecule has 194 valence electrons. The third-order valence-corrected chi connectivity index (χ3v) is 7.93. The lowest BCUT2D eigenvalue weighted by molar-refractivity contribution is 0.0515. The highest BCUT2D eigenvalue weighted by Crippen LogP contribution is 2.35. The lowest BCUT2D eigenvalue weighted by Gasteiger charge is -2.38. The van der Waals surface area contributed by atoms with Crippen LogP contribution in [-0.4, -0.2) is 74.2 Å². The molecule has 3 fully saturated rings. The summed E-state index contributed by atoms with van der Waals surface area (Å²) in [4.78, 5) is 14.3. The number of hydrogen-bond donors (Lipinski definition) is 2. The summed E-state index contributed by atoms with van der Waals surface area (Å²) in [7, 11) is 0. The van der Waals surface area contributed by atoms with Crippen molar-refractivity contribution in [2.45, 2.75) is 37.5 Å². The quantitative estimate of drug-likeness (QED) is 0.539. The summed E-state index contributed by atoms with van der Waals surface area (Å²) in [6.45, 7) is 7.27. The van der Waals surface area contributed by atoms with E-state index in [-0.39, 0.29) is 5.41 Å². The lowest BCUT2D eigenvalue weighted by atomic mass is 9.74. The van der Waals surface area contributed by atoms with Crippen LogP contribution in [0.3, 0.4) is 0 Å². The number of nitrogens with one attached hydrogen (secondary N) is 2. The van der Waals surface area contributed by atoms with Crippen LogP contribution >= 0.6 is 23.8 Å². The third kappa shape index (κ3) is 6.19. The zero-order valence-electron chi connectivity index (χ0n) is 20.7. The summed E-state index contributed by atoms with van der Waals surface area (Å²) >= 11 is 11.9. The molecule has 0 unspecified atom stereocenters. The van der Waals surface area contributed by atoms with Gasteiger partial charge in [-0.05, 0) is 62.0 Å². The lowest BCUT2D eigenvalue weighted by Crippen LogP contribution is -2.45. The van der Waals surface area contributed by atoms with Crippen LogP contribution in [0.25, 0.3) is 0 Å². The largest absolute Gasteiger partial charge is 0.381 e. The summed E-state index contributed by atoms with van der Waals surface area (Å²) in [6.07, 6.45) is 5.50. The van der Waals surface area contributed by atoms with Crippen molar-refractivity contribution in [2.75, 3.05) is 74.3 Å². The smallest absolute Gasteiger partial charge is 0.232 e. The highest BCUT2D eigenvalue weighted by molar-refractivity contribution is 7.80. The van der Waals surface area contributed by atoms with E-state index in [1.807, 2.05) is 12.1 Å². The number of morpholine rings is 1. The molecule has 5 rings (SSSR count). The molecule has 4 heterocycles. The Morgan fingerprint density at radius 1 is 0.889 bits per heavy atom. The van der Waals surface area contributed by atoms with Gasteiger partial charge >= 0.3 is 0 Å². The Morgan fingerprint density at radius 3 is 2.17 bits per heavy atom. The summed E-state index contributed by atoms with van der Waals surface area (Å²) in [5.74, 6) is 2.41. The number of benzene rings is 1. The molecule has 2 aromatic rings. The minimum atomic E-state index is -0.0654. The van der Waals surface area contributed by atoms with Crippen molar-refractivity contribution in [1.82, 2.24) is 15.3 Å². The third-order valence-electron chi connectivity index (χ3n) is 7.43. The van der Waals surface area contributed by atoms with Gasteiger partial charge in [-0.25, -0.2) is 0 Å². The minimum absolute atomic E-state index is 0.0654. The molecule has 0 spiro atoms. The van der Waals surface area contributed by atoms with Gasteiger partial charge in [0.15, 0.2) is 5.11 Å². The first kappa shape index (κ1) is 25.4. The Balaban J connectivity index is 1.31. The fourth-order valence-corrected chi connectivity index (χ4v) is 5.54. The molecule has 2 N–H and O–H groups in total. The number of halogens is 1. The number of hydrogen-bond acceptors (Lipinski definition) is 7. The van der Waals surface area contributed by atoms with Gasteiger partial charge < -0.3 is 29.9 Å². The Kier molecular flexibility index (Phi) is 8.41. The van der Waals surface area contributed by atoms with Gasteiger partial charge in [0, 0.05) is 62.4 Å². The van der Waals surface area contributed by atoms with Crippen molar-refractivity contribution in [3.63, 3.8) is 0 Å². The maximum atomic E-state index is 6.15. The van der Waals surface area contributed by atoms with Crippen molar-refractivity contribution >= 4 is 46.5 Å². The minimum Gasteiger partial charge on any atom is -0.381 e. The SMILES string of the molecule is S=C(NCC1(c2ccc(Cl)cc2)CCOCC1)Nc1nc(N2CCCCC2)cc(N2CCOCC2)n1. The second-order valence-electron chi connectivity index (χ2n) is 9.76. The van der Waals surface area contributed by atoms with Gasteiger partial charge in [0.2, 0.25) is 5.95 Å². The van der Waals surface area contributed by atoms with Crippen LogP contribution in [0.5, 0.6) is 0 Å². The molecule has 3 saturated heterocycles. The Morgan fingerprint density at radius 2 is 1.50 bits per heavy atom. The van der Waals surface area contributed by atoms with E-state index >= 15 is 0 Å². The summed E-state index contributed by atoms with van der Waals surface area (Å²) in [6, 6.07) is 10.3. The Bertz CT molecular complexity index is 985. The average molecular weight is 531 g/mol. The fourth-order valence-electron chi connectivity index (χ4n) is 5.25. The standard InChI is InChI=1S/C26H35ClN6O2S/c27-21-6-4-20(5-7-21)26(8-14-34-15-9-26)19-28-25(36)31-24-29-22(32-10-2-1-3-11-32)18-23(30-24)33-12-16-35-17-13-33/h4-7,18H,1-3,8-17,19H2,(H2,28,29,30,31,36). The molecule has 0 atom stereocenters. The topological polar surface area (TPSA) is 74.8 Å². The van der Waals surface area contributed by atoms with Gasteiger partial charge in [0.05, 0.1) is 13.2 Å². The van der Waals surface area contributed by atoms with Gasteiger partial charge in [-0.3, -0.25) is 0 Å². The molecule has 1 aromatic heterocycles. The van der Waals surface area contributed by atoms with E-state index in [9.17, 15) is 0 Å². The van der Waals surface area contributed by atoms with Crippen molar-refractivity contribution in [3.8, 4) is 0 Å². The molecule has 3 aliphatic heterocycles. The first-order chi connectivity index (χ1) is 17.6. The molecule has 0 radical (unpaired) electrons. The van der Waals surface area contributed by atoms with Crippen molar-refractivity contribution in [1.29, 1.82) is 0 Å². The maximum absolute atomic E-state index is 6.15. The highest BCUT2D eigenvalue weighted by Gasteiger charge is 2.34. The molecule has 0 amide bonds. The molecule has 3 aliphatic rings. The van der Waals surface area contributed by atoms with E-state index in [0.717, 1.165) is 68.9 Å². The summed E-state index contributed by atoms with van der Waals surface area (Å²) in [5.41, 5.74) is 1.19. The predicted molar refractivity (Wildman–Crippen MR) is 149 cm³/mol. The van der Waals surface area contributed by atoms with E-state index in [1.165, 1.54) is 24.8 Å². The number of thiocarbonyl (C=S) groups is 1. The summed E-state index contributed by atoms with van der Waals surface area (Å²) in [5, 5.41) is 8.01. The number of nitrogens with zero attached hydrogens (tertiary/aromatic N) is 4. The van der Waals surface area contributed by atoms with Gasteiger partial charge in [-0.15, -0.1) is 0 Å². The van der Waals surface area contributed by atoms with Crippen LogP contribution in [0.15, 0.2) is 30.3 Å². The molecule has 1 aromatic carbocycles. The molecule has 0 bridgehead atoms. The normalized spacial score (nSPS) is 20.1. The number of anilines is 3. The van der Waals surface area contributed by atoms with Crippen LogP contribution in [0.1, 0.15) is 37.7 Å². The number of ether oxygens (including phenoxy) is 2. The van der Waals surface area contributed by atoms with Crippen molar-refractivity contribution < 1.29 is 9.47 Å². The van der Waals surface area contributed by atoms with Crippen molar-refractivity contribution in [3.05, 3.63) is 40.9 Å². The maximum Gasteiger partial charge on any atom is 0.232 e. The van der Waals surface area contributed by atoms with Crippen molar-refractivity contribution in [2.24, 2.45) is 0 Å². The zero-order chi connectivity index (χ0) is 24.8. The second kappa shape index (κ2) is 11.9. The molecule has 36 heavy (non-hydrogen) atoms. The second-order valence-corrected chi connectivity index (χ2v) is 10.6. The van der Waals surface area contributed by atoms with Crippen LogP contribution in [0, 0.1) is 0 Å². The summed E-state index contributed by atoms with van der Waals surface area (Å²) < 4.78 is 11.2. The Hall–Kier alpha value is -2.20. The first-order valence-corrected chi connectivity index (χ1v) is 13.8. The predicted octanol–water partition coefficient (Wildman–Crippen LogP) is 3.99. The molecular formula is C26H35ClN6O2S. The zero-order valence-corrected chi connectivity index (χ0v) is 22.3. The highest BCUT2D eigenvalue weighted by atomic mass is 35.5. The Labute approximate surface area is 223 Å². The van der Waals surface area contributed by atoms with Gasteiger partial charge in [0.1, 0.15) is 11.6 Å². The van der Waals surface area contributed by atoms with E-state index in [4.69, 9.17) is 43.3 Å². The number of piperidine rings is 1. The van der Waals surface area contributed by atoms with E-state index in [1.54, 1.807) is 0 Å². The van der Waals surface area contributed by atoms with Crippen LogP contribution < -0.4 is 20.4 Å². The number of aromatic nitrogens is 2. The van der Waals surface area contributed by atoms with E-state index in [2.05, 4.69) is 38.6 Å². The average Bonchev–Trinajstić information content (AvgIpc) is 2.93. The number of rotatable bonds is 6. The molecule has 10 heteroatoms. The first-order valence-electron chi connectivity index (χ1n) is 13.0. The van der Waals surface area contributed by atoms with Crippen LogP contribution in [0.4, 0.5) is 17.6 Å².